The van der Waals surface area contributed by atoms with E-state index in [0.29, 0.717) is 28.9 Å². The number of carbonyl (C=O) groups is 1. The van der Waals surface area contributed by atoms with E-state index in [0.717, 1.165) is 17.7 Å². The Bertz CT molecular complexity index is 1920. The lowest BCUT2D eigenvalue weighted by Crippen LogP contribution is -2.29. The van der Waals surface area contributed by atoms with Crippen LogP contribution in [0, 0.1) is 0 Å². The van der Waals surface area contributed by atoms with E-state index < -0.39 is 44.3 Å². The average molecular weight is 666 g/mol. The molecule has 1 aliphatic heterocycles. The molecule has 4 aromatic rings. The second-order valence-corrected chi connectivity index (χ2v) is 13.6. The Morgan fingerprint density at radius 1 is 0.864 bits per heavy atom. The molecule has 1 aliphatic rings. The highest BCUT2D eigenvalue weighted by Crippen LogP contribution is 2.35. The summed E-state index contributed by atoms with van der Waals surface area (Å²) in [5, 5.41) is 3.06. The van der Waals surface area contributed by atoms with Crippen LogP contribution in [-0.4, -0.2) is 35.9 Å². The van der Waals surface area contributed by atoms with Crippen LogP contribution in [0.15, 0.2) is 101 Å². The Balaban J connectivity index is 1.20. The number of sulfonamides is 2. The molecule has 0 bridgehead atoms. The minimum absolute atomic E-state index is 0.0860. The van der Waals surface area contributed by atoms with E-state index in [-0.39, 0.29) is 27.8 Å². The number of anilines is 3. The molecule has 1 amide bonds. The Hall–Kier alpha value is -4.27. The lowest BCUT2D eigenvalue weighted by Gasteiger charge is -2.20. The number of benzene rings is 4. The standard InChI is InChI=1S/C29H23ClF3N3O6S2/c30-21-5-10-26(11-6-21)44(40,41)36-15-14-19-4-7-22(17-27(19)36)34-28(37)18-42-24-8-12-25(13-9-24)43(38,39)35-23-3-1-2-20(16-23)29(31,32)33/h1-13,16-17,35H,14-15,18H2,(H,34,37). The van der Waals surface area contributed by atoms with Crippen molar-refractivity contribution in [2.45, 2.75) is 22.4 Å². The summed E-state index contributed by atoms with van der Waals surface area (Å²) in [7, 11) is -8.06. The molecule has 0 saturated carbocycles. The smallest absolute Gasteiger partial charge is 0.416 e. The van der Waals surface area contributed by atoms with Gasteiger partial charge in [0, 0.05) is 22.9 Å². The zero-order valence-electron chi connectivity index (χ0n) is 22.5. The van der Waals surface area contributed by atoms with Gasteiger partial charge in [0.1, 0.15) is 5.75 Å². The summed E-state index contributed by atoms with van der Waals surface area (Å²) in [5.41, 5.74) is 0.329. The van der Waals surface area contributed by atoms with Gasteiger partial charge in [-0.1, -0.05) is 23.7 Å². The first-order chi connectivity index (χ1) is 20.7. The van der Waals surface area contributed by atoms with Crippen LogP contribution in [0.5, 0.6) is 5.75 Å². The Morgan fingerprint density at radius 3 is 2.23 bits per heavy atom. The fraction of sp³-hybridized carbons (Fsp3) is 0.138. The number of hydrogen-bond acceptors (Lipinski definition) is 6. The molecule has 0 saturated heterocycles. The van der Waals surface area contributed by atoms with E-state index in [1.807, 2.05) is 0 Å². The number of carbonyl (C=O) groups excluding carboxylic acids is 1. The van der Waals surface area contributed by atoms with Crippen LogP contribution in [0.1, 0.15) is 11.1 Å². The lowest BCUT2D eigenvalue weighted by atomic mass is 10.1. The molecule has 1 heterocycles. The van der Waals surface area contributed by atoms with Crippen molar-refractivity contribution in [2.24, 2.45) is 0 Å². The van der Waals surface area contributed by atoms with Crippen LogP contribution in [0.3, 0.4) is 0 Å². The monoisotopic (exact) mass is 665 g/mol. The van der Waals surface area contributed by atoms with Gasteiger partial charge in [0.15, 0.2) is 6.61 Å². The first kappa shape index (κ1) is 31.2. The Morgan fingerprint density at radius 2 is 1.55 bits per heavy atom. The van der Waals surface area contributed by atoms with Gasteiger partial charge in [-0.2, -0.15) is 13.2 Å². The molecule has 0 spiro atoms. The first-order valence-electron chi connectivity index (χ1n) is 12.9. The maximum absolute atomic E-state index is 13.2. The normalized spacial score (nSPS) is 13.3. The summed E-state index contributed by atoms with van der Waals surface area (Å²) in [6.45, 7) is -0.208. The fourth-order valence-electron chi connectivity index (χ4n) is 4.45. The molecule has 5 rings (SSSR count). The van der Waals surface area contributed by atoms with Crippen molar-refractivity contribution >= 4 is 54.6 Å². The van der Waals surface area contributed by atoms with E-state index in [1.54, 1.807) is 18.2 Å². The number of ether oxygens (including phenoxy) is 1. The highest BCUT2D eigenvalue weighted by molar-refractivity contribution is 7.93. The molecule has 0 atom stereocenters. The van der Waals surface area contributed by atoms with Crippen molar-refractivity contribution in [3.63, 3.8) is 0 Å². The number of fused-ring (bicyclic) bond motifs is 1. The van der Waals surface area contributed by atoms with E-state index in [9.17, 15) is 34.8 Å². The lowest BCUT2D eigenvalue weighted by molar-refractivity contribution is -0.137. The molecule has 15 heteroatoms. The molecule has 4 aromatic carbocycles. The van der Waals surface area contributed by atoms with E-state index in [2.05, 4.69) is 10.0 Å². The van der Waals surface area contributed by atoms with Crippen LogP contribution in [0.4, 0.5) is 30.2 Å². The van der Waals surface area contributed by atoms with Crippen molar-refractivity contribution in [3.8, 4) is 5.75 Å². The van der Waals surface area contributed by atoms with Crippen LogP contribution >= 0.6 is 11.6 Å². The number of nitrogens with one attached hydrogen (secondary N) is 2. The Labute approximate surface area is 256 Å². The van der Waals surface area contributed by atoms with Gasteiger partial charge in [0.2, 0.25) is 0 Å². The predicted molar refractivity (Wildman–Crippen MR) is 159 cm³/mol. The maximum atomic E-state index is 13.2. The predicted octanol–water partition coefficient (Wildman–Crippen LogP) is 5.93. The van der Waals surface area contributed by atoms with Crippen molar-refractivity contribution in [1.82, 2.24) is 0 Å². The van der Waals surface area contributed by atoms with Gasteiger partial charge in [-0.15, -0.1) is 0 Å². The van der Waals surface area contributed by atoms with Crippen LogP contribution in [0.2, 0.25) is 5.02 Å². The summed E-state index contributed by atoms with van der Waals surface area (Å²) in [5.74, 6) is -0.398. The van der Waals surface area contributed by atoms with Gasteiger partial charge in [-0.05, 0) is 90.8 Å². The molecule has 2 N–H and O–H groups in total. The van der Waals surface area contributed by atoms with Crippen molar-refractivity contribution in [2.75, 3.05) is 27.5 Å². The zero-order chi connectivity index (χ0) is 31.7. The van der Waals surface area contributed by atoms with Gasteiger partial charge in [0.05, 0.1) is 21.0 Å². The second kappa shape index (κ2) is 12.0. The molecular weight excluding hydrogens is 643 g/mol. The first-order valence-corrected chi connectivity index (χ1v) is 16.2. The zero-order valence-corrected chi connectivity index (χ0v) is 24.9. The van der Waals surface area contributed by atoms with E-state index in [1.165, 1.54) is 58.9 Å². The van der Waals surface area contributed by atoms with Crippen LogP contribution in [0.25, 0.3) is 0 Å². The van der Waals surface area contributed by atoms with Crippen molar-refractivity contribution in [1.29, 1.82) is 0 Å². The molecule has 9 nitrogen and oxygen atoms in total. The fourth-order valence-corrected chi connectivity index (χ4v) is 7.12. The third kappa shape index (κ3) is 6.93. The number of halogens is 4. The highest BCUT2D eigenvalue weighted by Gasteiger charge is 2.32. The summed E-state index contributed by atoms with van der Waals surface area (Å²) in [6.07, 6.45) is -4.13. The number of hydrogen-bond donors (Lipinski definition) is 2. The molecule has 0 aromatic heterocycles. The summed E-state index contributed by atoms with van der Waals surface area (Å²) < 4.78 is 99.4. The van der Waals surface area contributed by atoms with Gasteiger partial charge in [-0.25, -0.2) is 16.8 Å². The molecule has 0 fully saturated rings. The quantitative estimate of drug-likeness (QED) is 0.229. The third-order valence-corrected chi connectivity index (χ3v) is 10.0. The van der Waals surface area contributed by atoms with Crippen molar-refractivity contribution in [3.05, 3.63) is 107 Å². The summed E-state index contributed by atoms with van der Waals surface area (Å²) in [4.78, 5) is 12.4. The summed E-state index contributed by atoms with van der Waals surface area (Å²) in [6, 6.07) is 19.5. The molecule has 0 aliphatic carbocycles. The number of amides is 1. The second-order valence-electron chi connectivity index (χ2n) is 9.62. The molecule has 44 heavy (non-hydrogen) atoms. The van der Waals surface area contributed by atoms with Gasteiger partial charge < -0.3 is 10.1 Å². The van der Waals surface area contributed by atoms with Crippen LogP contribution in [-0.2, 0) is 37.4 Å². The van der Waals surface area contributed by atoms with Crippen molar-refractivity contribution < 1.29 is 39.5 Å². The topological polar surface area (TPSA) is 122 Å². The minimum atomic E-state index is -4.63. The average Bonchev–Trinajstić information content (AvgIpc) is 3.40. The molecule has 0 radical (unpaired) electrons. The molecule has 0 unspecified atom stereocenters. The minimum Gasteiger partial charge on any atom is -0.484 e. The van der Waals surface area contributed by atoms with Crippen LogP contribution < -0.4 is 19.1 Å². The van der Waals surface area contributed by atoms with Gasteiger partial charge in [-0.3, -0.25) is 13.8 Å². The van der Waals surface area contributed by atoms with E-state index in [4.69, 9.17) is 16.3 Å². The number of nitrogens with zero attached hydrogens (tertiary/aromatic N) is 1. The highest BCUT2D eigenvalue weighted by atomic mass is 35.5. The Kier molecular flexibility index (Phi) is 8.51. The number of alkyl halides is 3. The van der Waals surface area contributed by atoms with Gasteiger partial charge in [0.25, 0.3) is 26.0 Å². The maximum Gasteiger partial charge on any atom is 0.416 e. The molecule has 230 valence electrons. The summed E-state index contributed by atoms with van der Waals surface area (Å²) >= 11 is 5.89. The number of rotatable bonds is 9. The largest absolute Gasteiger partial charge is 0.484 e. The molecular formula is C29H23ClF3N3O6S2. The van der Waals surface area contributed by atoms with Gasteiger partial charge >= 0.3 is 6.18 Å². The van der Waals surface area contributed by atoms with E-state index >= 15 is 0 Å². The SMILES string of the molecule is O=C(COc1ccc(S(=O)(=O)Nc2cccc(C(F)(F)F)c2)cc1)Nc1ccc2c(c1)N(S(=O)(=O)c1ccc(Cl)cc1)CC2. The third-order valence-electron chi connectivity index (χ3n) is 6.57.